The quantitative estimate of drug-likeness (QED) is 0.635. The monoisotopic (exact) mass is 334 g/mol. The van der Waals surface area contributed by atoms with Gasteiger partial charge < -0.3 is 20.9 Å². The number of methoxy groups -OCH3 is 1. The number of nitrogens with zero attached hydrogens (tertiary/aromatic N) is 2. The average molecular weight is 334 g/mol. The maximum Gasteiger partial charge on any atom is 0.332 e. The van der Waals surface area contributed by atoms with Crippen molar-refractivity contribution in [2.24, 2.45) is 7.05 Å². The second-order valence-electron chi connectivity index (χ2n) is 5.47. The number of ether oxygens (including phenoxy) is 1. The molecule has 0 fully saturated rings. The molecule has 0 bridgehead atoms. The fraction of sp³-hybridized carbons (Fsp3) is 0.375. The predicted octanol–water partition coefficient (Wildman–Crippen LogP) is -0.403. The number of nitrogens with two attached hydrogens (primary N) is 1. The molecule has 8 heteroatoms. The van der Waals surface area contributed by atoms with Crippen LogP contribution in [0.5, 0.6) is 0 Å². The number of anilines is 2. The molecule has 0 aliphatic carbocycles. The van der Waals surface area contributed by atoms with Gasteiger partial charge in [-0.05, 0) is 5.56 Å². The minimum atomic E-state index is -0.798. The molecular formula is C16H22N4O4. The fourth-order valence-electron chi connectivity index (χ4n) is 2.34. The Kier molecular flexibility index (Phi) is 5.78. The van der Waals surface area contributed by atoms with E-state index in [-0.39, 0.29) is 31.2 Å². The first-order chi connectivity index (χ1) is 11.5. The minimum Gasteiger partial charge on any atom is -0.389 e. The molecule has 1 heterocycles. The van der Waals surface area contributed by atoms with Gasteiger partial charge in [-0.1, -0.05) is 30.3 Å². The van der Waals surface area contributed by atoms with E-state index in [2.05, 4.69) is 5.32 Å². The Hall–Kier alpha value is -2.58. The maximum absolute atomic E-state index is 12.4. The molecule has 0 spiro atoms. The average Bonchev–Trinajstić information content (AvgIpc) is 2.58. The fourth-order valence-corrected chi connectivity index (χ4v) is 2.34. The number of benzene rings is 1. The third-order valence-corrected chi connectivity index (χ3v) is 3.64. The van der Waals surface area contributed by atoms with E-state index in [1.165, 1.54) is 18.7 Å². The topological polar surface area (TPSA) is 112 Å². The van der Waals surface area contributed by atoms with Crippen LogP contribution in [0.25, 0.3) is 0 Å². The van der Waals surface area contributed by atoms with Gasteiger partial charge in [0.15, 0.2) is 0 Å². The SMILES string of the molecule is COCC(O)CNc1c(N)n(Cc2ccccc2)c(=O)n(C)c1=O. The summed E-state index contributed by atoms with van der Waals surface area (Å²) >= 11 is 0. The molecule has 130 valence electrons. The molecule has 0 radical (unpaired) electrons. The standard InChI is InChI=1S/C16H22N4O4/c1-19-15(22)13(18-8-12(21)10-24-2)14(17)20(16(19)23)9-11-6-4-3-5-7-11/h3-7,12,18,21H,8-10,17H2,1-2H3. The van der Waals surface area contributed by atoms with Crippen molar-refractivity contribution in [3.63, 3.8) is 0 Å². The van der Waals surface area contributed by atoms with Gasteiger partial charge in [0.25, 0.3) is 5.56 Å². The molecule has 1 aromatic heterocycles. The van der Waals surface area contributed by atoms with Gasteiger partial charge in [-0.3, -0.25) is 13.9 Å². The number of aliphatic hydroxyl groups excluding tert-OH is 1. The number of nitrogens with one attached hydrogen (secondary N) is 1. The molecule has 1 aromatic carbocycles. The van der Waals surface area contributed by atoms with Gasteiger partial charge in [-0.15, -0.1) is 0 Å². The Morgan fingerprint density at radius 1 is 1.29 bits per heavy atom. The first-order valence-electron chi connectivity index (χ1n) is 7.49. The van der Waals surface area contributed by atoms with Crippen LogP contribution in [0.15, 0.2) is 39.9 Å². The van der Waals surface area contributed by atoms with E-state index in [1.54, 1.807) is 0 Å². The Bertz CT molecular complexity index is 798. The van der Waals surface area contributed by atoms with Gasteiger partial charge in [0.05, 0.1) is 19.3 Å². The molecule has 4 N–H and O–H groups in total. The summed E-state index contributed by atoms with van der Waals surface area (Å²) < 4.78 is 7.15. The largest absolute Gasteiger partial charge is 0.389 e. The summed E-state index contributed by atoms with van der Waals surface area (Å²) in [5.74, 6) is 0.0385. The number of hydrogen-bond donors (Lipinski definition) is 3. The lowest BCUT2D eigenvalue weighted by molar-refractivity contribution is 0.0727. The molecule has 0 saturated carbocycles. The van der Waals surface area contributed by atoms with Crippen molar-refractivity contribution < 1.29 is 9.84 Å². The van der Waals surface area contributed by atoms with Crippen molar-refractivity contribution in [2.75, 3.05) is 31.3 Å². The summed E-state index contributed by atoms with van der Waals surface area (Å²) in [6, 6.07) is 9.33. The Labute approximate surface area is 139 Å². The highest BCUT2D eigenvalue weighted by Crippen LogP contribution is 2.13. The van der Waals surface area contributed by atoms with Crippen molar-refractivity contribution >= 4 is 11.5 Å². The summed E-state index contributed by atoms with van der Waals surface area (Å²) in [5, 5.41) is 12.5. The third kappa shape index (κ3) is 3.84. The number of rotatable bonds is 7. The first-order valence-corrected chi connectivity index (χ1v) is 7.49. The number of nitrogen functional groups attached to an aromatic ring is 1. The molecular weight excluding hydrogens is 312 g/mol. The smallest absolute Gasteiger partial charge is 0.332 e. The first kappa shape index (κ1) is 17.8. The summed E-state index contributed by atoms with van der Waals surface area (Å²) in [4.78, 5) is 24.6. The zero-order valence-corrected chi connectivity index (χ0v) is 13.7. The van der Waals surface area contributed by atoms with Crippen molar-refractivity contribution in [1.29, 1.82) is 0 Å². The predicted molar refractivity (Wildman–Crippen MR) is 92.3 cm³/mol. The van der Waals surface area contributed by atoms with Crippen molar-refractivity contribution in [2.45, 2.75) is 12.6 Å². The van der Waals surface area contributed by atoms with Gasteiger partial charge >= 0.3 is 5.69 Å². The second kappa shape index (κ2) is 7.80. The summed E-state index contributed by atoms with van der Waals surface area (Å²) in [7, 11) is 2.86. The lowest BCUT2D eigenvalue weighted by atomic mass is 10.2. The number of hydrogen-bond acceptors (Lipinski definition) is 6. The van der Waals surface area contributed by atoms with Gasteiger partial charge in [0, 0.05) is 20.7 Å². The highest BCUT2D eigenvalue weighted by Gasteiger charge is 2.16. The highest BCUT2D eigenvalue weighted by molar-refractivity contribution is 5.60. The molecule has 8 nitrogen and oxygen atoms in total. The second-order valence-corrected chi connectivity index (χ2v) is 5.47. The lowest BCUT2D eigenvalue weighted by Crippen LogP contribution is -2.41. The number of aromatic nitrogens is 2. The minimum absolute atomic E-state index is 0.0385. The van der Waals surface area contributed by atoms with Crippen molar-refractivity contribution in [1.82, 2.24) is 9.13 Å². The van der Waals surface area contributed by atoms with Crippen molar-refractivity contribution in [3.8, 4) is 0 Å². The summed E-state index contributed by atoms with van der Waals surface area (Å²) in [6.07, 6.45) is -0.798. The summed E-state index contributed by atoms with van der Waals surface area (Å²) in [5.41, 5.74) is 5.98. The van der Waals surface area contributed by atoms with Crippen LogP contribution in [-0.4, -0.2) is 40.6 Å². The molecule has 2 rings (SSSR count). The number of aliphatic hydroxyl groups is 1. The molecule has 0 aliphatic heterocycles. The van der Waals surface area contributed by atoms with Crippen molar-refractivity contribution in [3.05, 3.63) is 56.7 Å². The maximum atomic E-state index is 12.4. The van der Waals surface area contributed by atoms with Crippen LogP contribution in [0.2, 0.25) is 0 Å². The Morgan fingerprint density at radius 2 is 1.96 bits per heavy atom. The van der Waals surface area contributed by atoms with E-state index in [9.17, 15) is 14.7 Å². The van der Waals surface area contributed by atoms with Crippen LogP contribution >= 0.6 is 0 Å². The van der Waals surface area contributed by atoms with Gasteiger partial charge in [-0.2, -0.15) is 0 Å². The van der Waals surface area contributed by atoms with Gasteiger partial charge in [0.2, 0.25) is 0 Å². The van der Waals surface area contributed by atoms with E-state index in [0.29, 0.717) is 0 Å². The van der Waals surface area contributed by atoms with Crippen LogP contribution in [-0.2, 0) is 18.3 Å². The normalized spacial score (nSPS) is 12.1. The van der Waals surface area contributed by atoms with Crippen LogP contribution in [0.3, 0.4) is 0 Å². The van der Waals surface area contributed by atoms with Crippen LogP contribution in [0, 0.1) is 0 Å². The third-order valence-electron chi connectivity index (χ3n) is 3.64. The van der Waals surface area contributed by atoms with E-state index in [1.807, 2.05) is 30.3 Å². The molecule has 0 aliphatic rings. The zero-order valence-electron chi connectivity index (χ0n) is 13.7. The van der Waals surface area contributed by atoms with Gasteiger partial charge in [0.1, 0.15) is 11.5 Å². The van der Waals surface area contributed by atoms with E-state index < -0.39 is 17.4 Å². The molecule has 24 heavy (non-hydrogen) atoms. The Balaban J connectivity index is 2.38. The van der Waals surface area contributed by atoms with E-state index in [4.69, 9.17) is 10.5 Å². The molecule has 0 amide bonds. The van der Waals surface area contributed by atoms with Crippen LogP contribution in [0.1, 0.15) is 5.56 Å². The van der Waals surface area contributed by atoms with Crippen LogP contribution in [0.4, 0.5) is 11.5 Å². The summed E-state index contributed by atoms with van der Waals surface area (Å²) in [6.45, 7) is 0.447. The highest BCUT2D eigenvalue weighted by atomic mass is 16.5. The van der Waals surface area contributed by atoms with Crippen LogP contribution < -0.4 is 22.3 Å². The lowest BCUT2D eigenvalue weighted by Gasteiger charge is -2.17. The molecule has 2 aromatic rings. The van der Waals surface area contributed by atoms with E-state index in [0.717, 1.165) is 10.1 Å². The Morgan fingerprint density at radius 3 is 2.58 bits per heavy atom. The molecule has 1 atom stereocenters. The molecule has 0 saturated heterocycles. The van der Waals surface area contributed by atoms with Gasteiger partial charge in [-0.25, -0.2) is 4.79 Å². The molecule has 1 unspecified atom stereocenters. The van der Waals surface area contributed by atoms with E-state index >= 15 is 0 Å². The zero-order chi connectivity index (χ0) is 17.7.